The van der Waals surface area contributed by atoms with E-state index >= 15 is 0 Å². The van der Waals surface area contributed by atoms with Crippen molar-refractivity contribution in [3.8, 4) is 11.5 Å². The molecule has 2 aromatic heterocycles. The predicted octanol–water partition coefficient (Wildman–Crippen LogP) is 2.36. The molecule has 1 N–H and O–H groups in total. The summed E-state index contributed by atoms with van der Waals surface area (Å²) in [7, 11) is 0. The van der Waals surface area contributed by atoms with Gasteiger partial charge in [0.05, 0.1) is 11.0 Å². The maximum Gasteiger partial charge on any atom is 0.280 e. The number of hydrogen-bond acceptors (Lipinski definition) is 5. The van der Waals surface area contributed by atoms with Gasteiger partial charge < -0.3 is 9.47 Å². The molecule has 0 saturated heterocycles. The van der Waals surface area contributed by atoms with Gasteiger partial charge in [-0.2, -0.15) is 5.10 Å². The highest BCUT2D eigenvalue weighted by atomic mass is 16.1. The summed E-state index contributed by atoms with van der Waals surface area (Å²) < 4.78 is 1.73. The van der Waals surface area contributed by atoms with Crippen molar-refractivity contribution in [1.82, 2.24) is 24.7 Å². The fourth-order valence-corrected chi connectivity index (χ4v) is 2.92. The van der Waals surface area contributed by atoms with E-state index in [0.717, 1.165) is 29.8 Å². The number of aromatic amines is 1. The Morgan fingerprint density at radius 1 is 1.17 bits per heavy atom. The Morgan fingerprint density at radius 2 is 1.92 bits per heavy atom. The Morgan fingerprint density at radius 3 is 2.50 bits per heavy atom. The lowest BCUT2D eigenvalue weighted by Gasteiger charge is -2.22. The molecule has 0 aliphatic heterocycles. The van der Waals surface area contributed by atoms with Crippen LogP contribution in [0.25, 0.3) is 22.6 Å². The van der Waals surface area contributed by atoms with E-state index in [4.69, 9.17) is 0 Å². The quantitative estimate of drug-likeness (QED) is 0.778. The van der Waals surface area contributed by atoms with Crippen molar-refractivity contribution in [2.75, 3.05) is 18.0 Å². The molecule has 7 nitrogen and oxygen atoms in total. The van der Waals surface area contributed by atoms with Gasteiger partial charge in [-0.05, 0) is 45.9 Å². The highest BCUT2D eigenvalue weighted by Crippen LogP contribution is 2.22. The normalized spacial score (nSPS) is 11.2. The van der Waals surface area contributed by atoms with Gasteiger partial charge in [0.2, 0.25) is 5.82 Å². The maximum atomic E-state index is 12.8. The number of nitrogens with zero attached hydrogens (tertiary/aromatic N) is 5. The van der Waals surface area contributed by atoms with Crippen LogP contribution in [0.3, 0.4) is 0 Å². The smallest absolute Gasteiger partial charge is 0.280 e. The summed E-state index contributed by atoms with van der Waals surface area (Å²) in [5, 5.41) is 6.84. The van der Waals surface area contributed by atoms with Crippen molar-refractivity contribution in [2.45, 2.75) is 34.2 Å². The molecule has 3 rings (SSSR count). The first-order valence-electron chi connectivity index (χ1n) is 8.27. The summed E-state index contributed by atoms with van der Waals surface area (Å²) in [4.78, 5) is 23.9. The second kappa shape index (κ2) is 6.43. The van der Waals surface area contributed by atoms with Gasteiger partial charge in [0.25, 0.3) is 5.56 Å². The van der Waals surface area contributed by atoms with Crippen LogP contribution in [0.2, 0.25) is 0 Å². The number of fused-ring (bicyclic) bond motifs is 1. The highest BCUT2D eigenvalue weighted by molar-refractivity contribution is 5.81. The molecule has 0 saturated carbocycles. The van der Waals surface area contributed by atoms with E-state index in [1.165, 1.54) is 0 Å². The lowest BCUT2D eigenvalue weighted by atomic mass is 10.2. The summed E-state index contributed by atoms with van der Waals surface area (Å²) >= 11 is 0. The van der Waals surface area contributed by atoms with Crippen LogP contribution in [0.1, 0.15) is 26.6 Å². The number of H-pyrrole nitrogens is 1. The van der Waals surface area contributed by atoms with Crippen LogP contribution < -0.4 is 10.5 Å². The summed E-state index contributed by atoms with van der Waals surface area (Å²) in [6, 6.07) is 6.03. The Bertz CT molecular complexity index is 922. The van der Waals surface area contributed by atoms with Crippen molar-refractivity contribution in [1.29, 1.82) is 0 Å². The molecular formula is C17H22N6O. The highest BCUT2D eigenvalue weighted by Gasteiger charge is 2.16. The molecule has 0 amide bonds. The molecule has 2 heterocycles. The topological polar surface area (TPSA) is 79.7 Å². The molecule has 3 aromatic rings. The van der Waals surface area contributed by atoms with Crippen LogP contribution in [0.4, 0.5) is 5.69 Å². The SMILES string of the molecule is CCN(CC)c1ccc2nc(-c3n[nH]c(C)n3)c(=O)n(CC)c2c1. The van der Waals surface area contributed by atoms with Gasteiger partial charge in [-0.1, -0.05) is 0 Å². The monoisotopic (exact) mass is 326 g/mol. The molecule has 0 radical (unpaired) electrons. The van der Waals surface area contributed by atoms with Gasteiger partial charge in [-0.3, -0.25) is 9.89 Å². The third kappa shape index (κ3) is 2.66. The average Bonchev–Trinajstić information content (AvgIpc) is 3.01. The number of benzene rings is 1. The second-order valence-electron chi connectivity index (χ2n) is 5.60. The second-order valence-corrected chi connectivity index (χ2v) is 5.60. The van der Waals surface area contributed by atoms with Crippen molar-refractivity contribution >= 4 is 16.7 Å². The number of nitrogens with one attached hydrogen (secondary N) is 1. The molecule has 1 aromatic carbocycles. The molecular weight excluding hydrogens is 304 g/mol. The molecule has 0 spiro atoms. The Balaban J connectivity index is 2.24. The van der Waals surface area contributed by atoms with Crippen LogP contribution in [-0.4, -0.2) is 37.8 Å². The molecule has 0 atom stereocenters. The average molecular weight is 326 g/mol. The van der Waals surface area contributed by atoms with E-state index in [1.54, 1.807) is 11.5 Å². The van der Waals surface area contributed by atoms with Crippen LogP contribution in [-0.2, 0) is 6.54 Å². The first-order valence-corrected chi connectivity index (χ1v) is 8.27. The van der Waals surface area contributed by atoms with E-state index < -0.39 is 0 Å². The van der Waals surface area contributed by atoms with E-state index in [1.807, 2.05) is 25.1 Å². The first kappa shape index (κ1) is 16.2. The summed E-state index contributed by atoms with van der Waals surface area (Å²) in [6.45, 7) is 10.4. The van der Waals surface area contributed by atoms with E-state index in [2.05, 4.69) is 38.9 Å². The molecule has 0 aliphatic rings. The first-order chi connectivity index (χ1) is 11.6. The van der Waals surface area contributed by atoms with Gasteiger partial charge in [-0.25, -0.2) is 9.97 Å². The van der Waals surface area contributed by atoms with Gasteiger partial charge in [0, 0.05) is 25.3 Å². The minimum absolute atomic E-state index is 0.166. The van der Waals surface area contributed by atoms with Gasteiger partial charge in [-0.15, -0.1) is 0 Å². The number of aryl methyl sites for hydroxylation is 2. The molecule has 0 aliphatic carbocycles. The van der Waals surface area contributed by atoms with Crippen LogP contribution >= 0.6 is 0 Å². The van der Waals surface area contributed by atoms with E-state index in [0.29, 0.717) is 18.2 Å². The predicted molar refractivity (Wildman–Crippen MR) is 95.4 cm³/mol. The van der Waals surface area contributed by atoms with Crippen molar-refractivity contribution in [3.63, 3.8) is 0 Å². The number of anilines is 1. The standard InChI is InChI=1S/C17H22N6O/c1-5-22(6-2)12-8-9-13-14(10-12)23(7-3)17(24)15(19-13)16-18-11(4)20-21-16/h8-10H,5-7H2,1-4H3,(H,18,20,21). The molecule has 0 unspecified atom stereocenters. The fraction of sp³-hybridized carbons (Fsp3) is 0.412. The van der Waals surface area contributed by atoms with Gasteiger partial charge in [0.1, 0.15) is 5.82 Å². The molecule has 126 valence electrons. The molecule has 0 fully saturated rings. The summed E-state index contributed by atoms with van der Waals surface area (Å²) in [5.41, 5.74) is 2.81. The van der Waals surface area contributed by atoms with Crippen molar-refractivity contribution in [3.05, 3.63) is 34.4 Å². The maximum absolute atomic E-state index is 12.8. The minimum atomic E-state index is -0.166. The number of hydrogen-bond donors (Lipinski definition) is 1. The minimum Gasteiger partial charge on any atom is -0.372 e. The van der Waals surface area contributed by atoms with Gasteiger partial charge in [0.15, 0.2) is 5.69 Å². The Labute approximate surface area is 140 Å². The van der Waals surface area contributed by atoms with E-state index in [-0.39, 0.29) is 11.3 Å². The Kier molecular flexibility index (Phi) is 4.33. The third-order valence-electron chi connectivity index (χ3n) is 4.18. The molecule has 24 heavy (non-hydrogen) atoms. The zero-order valence-corrected chi connectivity index (χ0v) is 14.5. The van der Waals surface area contributed by atoms with Crippen LogP contribution in [0.15, 0.2) is 23.0 Å². The zero-order valence-electron chi connectivity index (χ0n) is 14.5. The number of rotatable bonds is 5. The molecule has 0 bridgehead atoms. The number of aromatic nitrogens is 5. The molecule has 7 heteroatoms. The van der Waals surface area contributed by atoms with Gasteiger partial charge >= 0.3 is 0 Å². The summed E-state index contributed by atoms with van der Waals surface area (Å²) in [5.74, 6) is 1.00. The lowest BCUT2D eigenvalue weighted by Crippen LogP contribution is -2.25. The van der Waals surface area contributed by atoms with Crippen molar-refractivity contribution < 1.29 is 0 Å². The summed E-state index contributed by atoms with van der Waals surface area (Å²) in [6.07, 6.45) is 0. The third-order valence-corrected chi connectivity index (χ3v) is 4.18. The van der Waals surface area contributed by atoms with Crippen LogP contribution in [0, 0.1) is 6.92 Å². The van der Waals surface area contributed by atoms with Crippen LogP contribution in [0.5, 0.6) is 0 Å². The largest absolute Gasteiger partial charge is 0.372 e. The van der Waals surface area contributed by atoms with E-state index in [9.17, 15) is 4.79 Å². The lowest BCUT2D eigenvalue weighted by molar-refractivity contribution is 0.753. The van der Waals surface area contributed by atoms with Crippen molar-refractivity contribution in [2.24, 2.45) is 0 Å². The zero-order chi connectivity index (χ0) is 17.3. The fourth-order valence-electron chi connectivity index (χ4n) is 2.92. The Hall–Kier alpha value is -2.70.